The van der Waals surface area contributed by atoms with Gasteiger partial charge in [-0.3, -0.25) is 4.55 Å². The summed E-state index contributed by atoms with van der Waals surface area (Å²) in [4.78, 5) is 0. The van der Waals surface area contributed by atoms with Gasteiger partial charge in [0, 0.05) is 0 Å². The van der Waals surface area contributed by atoms with Crippen molar-refractivity contribution in [1.29, 1.82) is 0 Å². The molecular weight excluding hydrogens is 391 g/mol. The van der Waals surface area contributed by atoms with Gasteiger partial charge in [-0.2, -0.15) is 0 Å². The largest absolute Gasteiger partial charge is 0.726 e. The lowest BCUT2D eigenvalue weighted by Gasteiger charge is -1.91. The zero-order valence-electron chi connectivity index (χ0n) is 11.1. The van der Waals surface area contributed by atoms with Crippen LogP contribution in [0.5, 0.6) is 0 Å². The van der Waals surface area contributed by atoms with Gasteiger partial charge in [-0.15, -0.1) is 0 Å². The maximum Gasteiger partial charge on any atom is 0.357 e. The summed E-state index contributed by atoms with van der Waals surface area (Å²) in [5.74, 6) is 0. The van der Waals surface area contributed by atoms with Gasteiger partial charge in [0.05, 0.1) is 0 Å². The predicted molar refractivity (Wildman–Crippen MR) is 72.1 cm³/mol. The molecule has 2 aromatic rings. The van der Waals surface area contributed by atoms with E-state index in [9.17, 15) is 0 Å². The van der Waals surface area contributed by atoms with Gasteiger partial charge in [0.25, 0.3) is 0 Å². The van der Waals surface area contributed by atoms with Crippen molar-refractivity contribution in [3.63, 3.8) is 0 Å². The first-order valence-electron chi connectivity index (χ1n) is 5.70. The van der Waals surface area contributed by atoms with Gasteiger partial charge < -0.3 is 4.55 Å². The standard InChI is InChI=1S/C14H14I.H2O4S/c1-11-6-8-13(9-7-11)15-14-5-3-4-12(2)10-14;1-5(2,3)4/h3-10H,1-2H3;(H2,1,2,3,4)/q+1;/p-1. The summed E-state index contributed by atoms with van der Waals surface area (Å²) in [6.07, 6.45) is 0. The maximum atomic E-state index is 8.63. The SMILES string of the molecule is Cc1ccc([I+]c2cccc(C)c2)cc1.O=S(=O)([O-])O. The molecule has 2 aromatic carbocycles. The normalized spacial score (nSPS) is 10.6. The highest BCUT2D eigenvalue weighted by Gasteiger charge is 2.14. The Hall–Kier alpha value is -0.960. The van der Waals surface area contributed by atoms with Gasteiger partial charge in [-0.05, 0) is 43.7 Å². The van der Waals surface area contributed by atoms with Gasteiger partial charge in [0.1, 0.15) is 0 Å². The molecule has 0 spiro atoms. The number of hydrogen-bond acceptors (Lipinski definition) is 3. The molecule has 0 fully saturated rings. The second kappa shape index (κ2) is 7.72. The third-order valence-electron chi connectivity index (χ3n) is 2.21. The summed E-state index contributed by atoms with van der Waals surface area (Å²) < 4.78 is 35.8. The molecule has 0 atom stereocenters. The van der Waals surface area contributed by atoms with Gasteiger partial charge in [0.15, 0.2) is 7.14 Å². The van der Waals surface area contributed by atoms with Crippen LogP contribution in [0.2, 0.25) is 0 Å². The molecule has 0 unspecified atom stereocenters. The molecule has 0 aliphatic rings. The Morgan fingerprint density at radius 1 is 0.950 bits per heavy atom. The topological polar surface area (TPSA) is 77.4 Å². The number of hydrogen-bond donors (Lipinski definition) is 1. The first-order chi connectivity index (χ1) is 9.24. The number of halogens is 1. The monoisotopic (exact) mass is 406 g/mol. The molecular formula is C14H15IO4S. The Bertz CT molecular complexity index is 643. The van der Waals surface area contributed by atoms with Crippen LogP contribution in [0, 0.1) is 21.0 Å². The van der Waals surface area contributed by atoms with Crippen molar-refractivity contribution in [2.24, 2.45) is 0 Å². The Morgan fingerprint density at radius 2 is 1.50 bits per heavy atom. The van der Waals surface area contributed by atoms with E-state index >= 15 is 0 Å². The highest BCUT2D eigenvalue weighted by Crippen LogP contribution is 1.95. The van der Waals surface area contributed by atoms with E-state index < -0.39 is 10.4 Å². The molecule has 0 aliphatic carbocycles. The average molecular weight is 406 g/mol. The van der Waals surface area contributed by atoms with Crippen LogP contribution >= 0.6 is 0 Å². The van der Waals surface area contributed by atoms with Crippen LogP contribution < -0.4 is 21.2 Å². The highest BCUT2D eigenvalue weighted by atomic mass is 127. The summed E-state index contributed by atoms with van der Waals surface area (Å²) >= 11 is -0.000856. The first-order valence-corrected chi connectivity index (χ1v) is 9.23. The van der Waals surface area contributed by atoms with Gasteiger partial charge in [-0.25, -0.2) is 8.42 Å². The molecule has 0 radical (unpaired) electrons. The van der Waals surface area contributed by atoms with E-state index in [1.54, 1.807) is 0 Å². The Morgan fingerprint density at radius 3 is 2.00 bits per heavy atom. The van der Waals surface area contributed by atoms with E-state index in [1.165, 1.54) is 18.3 Å². The van der Waals surface area contributed by atoms with Crippen LogP contribution in [-0.2, 0) is 10.4 Å². The molecule has 2 rings (SSSR count). The van der Waals surface area contributed by atoms with E-state index in [4.69, 9.17) is 17.5 Å². The second-order valence-electron chi connectivity index (χ2n) is 4.12. The van der Waals surface area contributed by atoms with Crippen LogP contribution in [0.25, 0.3) is 0 Å². The minimum Gasteiger partial charge on any atom is -0.726 e. The third kappa shape index (κ3) is 8.26. The first kappa shape index (κ1) is 17.1. The van der Waals surface area contributed by atoms with Crippen molar-refractivity contribution in [3.05, 3.63) is 66.8 Å². The number of rotatable bonds is 2. The van der Waals surface area contributed by atoms with Crippen LogP contribution in [0.3, 0.4) is 0 Å². The van der Waals surface area contributed by atoms with E-state index in [0.717, 1.165) is 0 Å². The fourth-order valence-corrected chi connectivity index (χ4v) is 3.86. The predicted octanol–water partition coefficient (Wildman–Crippen LogP) is -0.564. The second-order valence-corrected chi connectivity index (χ2v) is 8.00. The molecule has 0 aliphatic heterocycles. The number of aryl methyl sites for hydroxylation is 2. The van der Waals surface area contributed by atoms with Crippen LogP contribution in [0.1, 0.15) is 11.1 Å². The minimum atomic E-state index is -4.92. The molecule has 20 heavy (non-hydrogen) atoms. The maximum absolute atomic E-state index is 8.63. The van der Waals surface area contributed by atoms with Crippen LogP contribution in [0.15, 0.2) is 48.5 Å². The quantitative estimate of drug-likeness (QED) is 0.412. The average Bonchev–Trinajstić information content (AvgIpc) is 2.30. The third-order valence-corrected chi connectivity index (χ3v) is 4.85. The zero-order chi connectivity index (χ0) is 15.2. The minimum absolute atomic E-state index is 0.000856. The van der Waals surface area contributed by atoms with E-state index in [0.29, 0.717) is 0 Å². The summed E-state index contributed by atoms with van der Waals surface area (Å²) in [5.41, 5.74) is 2.70. The summed E-state index contributed by atoms with van der Waals surface area (Å²) in [7, 11) is -4.92. The summed E-state index contributed by atoms with van der Waals surface area (Å²) in [6.45, 7) is 4.29. The lowest BCUT2D eigenvalue weighted by atomic mass is 10.2. The van der Waals surface area contributed by atoms with Gasteiger partial charge in [0.2, 0.25) is 10.4 Å². The Kier molecular flexibility index (Phi) is 6.60. The Balaban J connectivity index is 0.000000347. The summed E-state index contributed by atoms with van der Waals surface area (Å²) in [6, 6.07) is 17.7. The van der Waals surface area contributed by atoms with Crippen molar-refractivity contribution < 1.29 is 38.7 Å². The molecule has 0 aromatic heterocycles. The molecule has 0 bridgehead atoms. The van der Waals surface area contributed by atoms with Crippen LogP contribution in [-0.4, -0.2) is 17.5 Å². The molecule has 6 heteroatoms. The smallest absolute Gasteiger partial charge is 0.357 e. The molecule has 108 valence electrons. The fraction of sp³-hybridized carbons (Fsp3) is 0.143. The molecule has 0 heterocycles. The molecule has 0 saturated heterocycles. The molecule has 0 amide bonds. The number of benzene rings is 2. The lowest BCUT2D eigenvalue weighted by molar-refractivity contribution is -0.597. The highest BCUT2D eigenvalue weighted by molar-refractivity contribution is 7.79. The molecule has 0 saturated carbocycles. The van der Waals surface area contributed by atoms with Gasteiger partial charge in [-0.1, -0.05) is 29.8 Å². The molecule has 4 nitrogen and oxygen atoms in total. The van der Waals surface area contributed by atoms with Crippen molar-refractivity contribution in [3.8, 4) is 0 Å². The van der Waals surface area contributed by atoms with Crippen molar-refractivity contribution in [2.75, 3.05) is 0 Å². The van der Waals surface area contributed by atoms with E-state index in [1.807, 2.05) is 0 Å². The lowest BCUT2D eigenvalue weighted by Crippen LogP contribution is -3.61. The van der Waals surface area contributed by atoms with Crippen LogP contribution in [0.4, 0.5) is 0 Å². The zero-order valence-corrected chi connectivity index (χ0v) is 14.1. The van der Waals surface area contributed by atoms with Crippen molar-refractivity contribution in [1.82, 2.24) is 0 Å². The Labute approximate surface area is 129 Å². The van der Waals surface area contributed by atoms with Crippen molar-refractivity contribution >= 4 is 10.4 Å². The molecule has 1 N–H and O–H groups in total. The van der Waals surface area contributed by atoms with Crippen molar-refractivity contribution in [2.45, 2.75) is 13.8 Å². The van der Waals surface area contributed by atoms with Gasteiger partial charge >= 0.3 is 21.2 Å². The van der Waals surface area contributed by atoms with E-state index in [-0.39, 0.29) is 21.2 Å². The fourth-order valence-electron chi connectivity index (χ4n) is 1.39. The summed E-state index contributed by atoms with van der Waals surface area (Å²) in [5, 5.41) is 0. The van der Waals surface area contributed by atoms with E-state index in [2.05, 4.69) is 62.4 Å².